The first-order valence-corrected chi connectivity index (χ1v) is 8.41. The van der Waals surface area contributed by atoms with Crippen molar-refractivity contribution in [3.05, 3.63) is 18.5 Å². The highest BCUT2D eigenvalue weighted by Gasteiger charge is 2.22. The van der Waals surface area contributed by atoms with Crippen LogP contribution in [0.25, 0.3) is 0 Å². The second-order valence-corrected chi connectivity index (χ2v) is 5.72. The summed E-state index contributed by atoms with van der Waals surface area (Å²) in [5.41, 5.74) is 0. The van der Waals surface area contributed by atoms with E-state index >= 15 is 0 Å². The van der Waals surface area contributed by atoms with Crippen molar-refractivity contribution in [2.24, 2.45) is 0 Å². The zero-order valence-electron chi connectivity index (χ0n) is 14.2. The van der Waals surface area contributed by atoms with Gasteiger partial charge in [0.25, 0.3) is 0 Å². The molecular weight excluding hydrogens is 308 g/mol. The molecule has 0 saturated carbocycles. The smallest absolute Gasteiger partial charge is 0.225 e. The highest BCUT2D eigenvalue weighted by molar-refractivity contribution is 5.79. The molecule has 2 heterocycles. The zero-order chi connectivity index (χ0) is 17.2. The van der Waals surface area contributed by atoms with E-state index in [1.165, 1.54) is 0 Å². The van der Waals surface area contributed by atoms with Crippen molar-refractivity contribution in [2.45, 2.75) is 19.3 Å². The number of nitrogens with one attached hydrogen (secondary N) is 2. The second kappa shape index (κ2) is 9.82. The van der Waals surface area contributed by atoms with Crippen LogP contribution in [-0.4, -0.2) is 73.0 Å². The number of hydrogen-bond donors (Lipinski definition) is 2. The molecule has 1 saturated heterocycles. The Balaban J connectivity index is 1.63. The minimum atomic E-state index is 0.00379. The Kier molecular flexibility index (Phi) is 7.41. The van der Waals surface area contributed by atoms with Gasteiger partial charge in [-0.15, -0.1) is 0 Å². The van der Waals surface area contributed by atoms with Gasteiger partial charge in [0.1, 0.15) is 0 Å². The topological polar surface area (TPSA) is 90.5 Å². The molecule has 2 amide bonds. The summed E-state index contributed by atoms with van der Waals surface area (Å²) in [6.07, 6.45) is 5.09. The number of anilines is 1. The molecule has 0 aromatic carbocycles. The molecule has 24 heavy (non-hydrogen) atoms. The Morgan fingerprint density at radius 3 is 2.46 bits per heavy atom. The number of aromatic nitrogens is 2. The van der Waals surface area contributed by atoms with E-state index < -0.39 is 0 Å². The molecule has 2 N–H and O–H groups in total. The molecule has 8 heteroatoms. The molecule has 1 aliphatic rings. The molecule has 2 rings (SSSR count). The first kappa shape index (κ1) is 18.1. The number of nitrogens with zero attached hydrogens (tertiary/aromatic N) is 4. The van der Waals surface area contributed by atoms with E-state index in [1.807, 2.05) is 11.9 Å². The van der Waals surface area contributed by atoms with Crippen molar-refractivity contribution in [3.8, 4) is 0 Å². The first-order valence-electron chi connectivity index (χ1n) is 8.41. The lowest BCUT2D eigenvalue weighted by Gasteiger charge is -2.34. The molecule has 0 atom stereocenters. The van der Waals surface area contributed by atoms with E-state index in [1.54, 1.807) is 18.5 Å². The van der Waals surface area contributed by atoms with Crippen LogP contribution in [0.3, 0.4) is 0 Å². The van der Waals surface area contributed by atoms with Gasteiger partial charge in [0.2, 0.25) is 17.8 Å². The van der Waals surface area contributed by atoms with Crippen molar-refractivity contribution in [2.75, 3.05) is 51.2 Å². The van der Waals surface area contributed by atoms with Crippen molar-refractivity contribution in [1.82, 2.24) is 25.5 Å². The molecule has 0 spiro atoms. The lowest BCUT2D eigenvalue weighted by molar-refractivity contribution is -0.131. The van der Waals surface area contributed by atoms with E-state index in [-0.39, 0.29) is 11.8 Å². The fourth-order valence-electron chi connectivity index (χ4n) is 2.59. The molecule has 132 valence electrons. The average Bonchev–Trinajstić information content (AvgIpc) is 2.63. The Morgan fingerprint density at radius 2 is 1.79 bits per heavy atom. The molecule has 0 aliphatic carbocycles. The van der Waals surface area contributed by atoms with Crippen molar-refractivity contribution in [1.29, 1.82) is 0 Å². The molecule has 1 aromatic rings. The van der Waals surface area contributed by atoms with Crippen LogP contribution in [0.5, 0.6) is 0 Å². The van der Waals surface area contributed by atoms with E-state index in [9.17, 15) is 9.59 Å². The van der Waals surface area contributed by atoms with Gasteiger partial charge in [0, 0.05) is 58.0 Å². The quantitative estimate of drug-likeness (QED) is 0.631. The molecule has 1 aliphatic heterocycles. The maximum atomic E-state index is 12.2. The highest BCUT2D eigenvalue weighted by Crippen LogP contribution is 2.10. The Bertz CT molecular complexity index is 517. The van der Waals surface area contributed by atoms with Crippen LogP contribution in [0, 0.1) is 0 Å². The summed E-state index contributed by atoms with van der Waals surface area (Å²) in [7, 11) is 1.86. The zero-order valence-corrected chi connectivity index (χ0v) is 14.2. The largest absolute Gasteiger partial charge is 0.356 e. The van der Waals surface area contributed by atoms with E-state index in [2.05, 4.69) is 25.5 Å². The number of rotatable bonds is 8. The normalized spacial score (nSPS) is 14.5. The third-order valence-electron chi connectivity index (χ3n) is 3.96. The summed E-state index contributed by atoms with van der Waals surface area (Å²) in [5, 5.41) is 5.80. The van der Waals surface area contributed by atoms with Gasteiger partial charge in [-0.25, -0.2) is 9.97 Å². The van der Waals surface area contributed by atoms with Crippen LogP contribution in [0.15, 0.2) is 18.5 Å². The van der Waals surface area contributed by atoms with Crippen LogP contribution in [-0.2, 0) is 9.59 Å². The van der Waals surface area contributed by atoms with E-state index in [4.69, 9.17) is 0 Å². The standard InChI is InChI=1S/C16H26N6O2/c1-17-6-2-4-14(23)18-9-5-15(24)21-10-12-22(13-11-21)16-19-7-3-8-20-16/h3,7-8,17H,2,4-6,9-13H2,1H3,(H,18,23). The Labute approximate surface area is 142 Å². The highest BCUT2D eigenvalue weighted by atomic mass is 16.2. The molecule has 0 bridgehead atoms. The predicted molar refractivity (Wildman–Crippen MR) is 91.6 cm³/mol. The van der Waals surface area contributed by atoms with E-state index in [0.717, 1.165) is 26.1 Å². The third-order valence-corrected chi connectivity index (χ3v) is 3.96. The van der Waals surface area contributed by atoms with Gasteiger partial charge in [-0.2, -0.15) is 0 Å². The SMILES string of the molecule is CNCCCC(=O)NCCC(=O)N1CCN(c2ncccn2)CC1. The van der Waals surface area contributed by atoms with Crippen LogP contribution in [0.1, 0.15) is 19.3 Å². The number of amides is 2. The van der Waals surface area contributed by atoms with Crippen LogP contribution < -0.4 is 15.5 Å². The number of carbonyl (C=O) groups excluding carboxylic acids is 2. The summed E-state index contributed by atoms with van der Waals surface area (Å²) in [4.78, 5) is 36.2. The summed E-state index contributed by atoms with van der Waals surface area (Å²) in [6.45, 7) is 4.00. The Hall–Kier alpha value is -2.22. The maximum absolute atomic E-state index is 12.2. The van der Waals surface area contributed by atoms with Crippen molar-refractivity contribution < 1.29 is 9.59 Å². The van der Waals surface area contributed by atoms with Gasteiger partial charge in [-0.3, -0.25) is 9.59 Å². The molecule has 0 unspecified atom stereocenters. The summed E-state index contributed by atoms with van der Waals surface area (Å²) < 4.78 is 0. The lowest BCUT2D eigenvalue weighted by Crippen LogP contribution is -2.49. The molecule has 1 aromatic heterocycles. The fraction of sp³-hybridized carbons (Fsp3) is 0.625. The van der Waals surface area contributed by atoms with Gasteiger partial charge in [0.15, 0.2) is 0 Å². The number of hydrogen-bond acceptors (Lipinski definition) is 6. The van der Waals surface area contributed by atoms with E-state index in [0.29, 0.717) is 38.4 Å². The minimum Gasteiger partial charge on any atom is -0.356 e. The monoisotopic (exact) mass is 334 g/mol. The van der Waals surface area contributed by atoms with Gasteiger partial charge in [-0.05, 0) is 26.1 Å². The van der Waals surface area contributed by atoms with Gasteiger partial charge in [-0.1, -0.05) is 0 Å². The summed E-state index contributed by atoms with van der Waals surface area (Å²) in [5.74, 6) is 0.793. The first-order chi connectivity index (χ1) is 11.7. The summed E-state index contributed by atoms with van der Waals surface area (Å²) >= 11 is 0. The minimum absolute atomic E-state index is 0.00379. The molecule has 8 nitrogen and oxygen atoms in total. The van der Waals surface area contributed by atoms with Crippen molar-refractivity contribution in [3.63, 3.8) is 0 Å². The number of piperazine rings is 1. The maximum Gasteiger partial charge on any atom is 0.225 e. The second-order valence-electron chi connectivity index (χ2n) is 5.72. The lowest BCUT2D eigenvalue weighted by atomic mass is 10.2. The number of carbonyl (C=O) groups is 2. The van der Waals surface area contributed by atoms with Crippen LogP contribution in [0.2, 0.25) is 0 Å². The molecule has 1 fully saturated rings. The molecular formula is C16H26N6O2. The third kappa shape index (κ3) is 5.77. The van der Waals surface area contributed by atoms with Gasteiger partial charge in [0.05, 0.1) is 0 Å². The van der Waals surface area contributed by atoms with Crippen LogP contribution >= 0.6 is 0 Å². The van der Waals surface area contributed by atoms with Crippen LogP contribution in [0.4, 0.5) is 5.95 Å². The van der Waals surface area contributed by atoms with Crippen molar-refractivity contribution >= 4 is 17.8 Å². The summed E-state index contributed by atoms with van der Waals surface area (Å²) in [6, 6.07) is 1.79. The van der Waals surface area contributed by atoms with Gasteiger partial charge < -0.3 is 20.4 Å². The fourth-order valence-corrected chi connectivity index (χ4v) is 2.59. The average molecular weight is 334 g/mol. The van der Waals surface area contributed by atoms with Gasteiger partial charge >= 0.3 is 0 Å². The Morgan fingerprint density at radius 1 is 1.08 bits per heavy atom. The predicted octanol–water partition coefficient (Wildman–Crippen LogP) is -0.369. The molecule has 0 radical (unpaired) electrons.